The van der Waals surface area contributed by atoms with Gasteiger partial charge in [-0.05, 0) is 44.4 Å². The third-order valence-electron chi connectivity index (χ3n) is 5.63. The van der Waals surface area contributed by atoms with Gasteiger partial charge < -0.3 is 9.64 Å². The van der Waals surface area contributed by atoms with Crippen LogP contribution < -0.4 is 0 Å². The van der Waals surface area contributed by atoms with Crippen LogP contribution in [0.2, 0.25) is 0 Å². The quantitative estimate of drug-likeness (QED) is 0.775. The summed E-state index contributed by atoms with van der Waals surface area (Å²) < 4.78 is 45.0. The molecule has 1 aromatic rings. The lowest BCUT2D eigenvalue weighted by molar-refractivity contribution is -0.142. The monoisotopic (exact) mass is 398 g/mol. The maximum atomic E-state index is 13.5. The third kappa shape index (κ3) is 3.88. The Morgan fingerprint density at radius 2 is 1.63 bits per heavy atom. The molecule has 1 amide bonds. The summed E-state index contributed by atoms with van der Waals surface area (Å²) in [6.07, 6.45) is 1.09. The van der Waals surface area contributed by atoms with E-state index in [1.165, 1.54) is 16.4 Å². The normalized spacial score (nSPS) is 21.4. The molecule has 0 spiro atoms. The summed E-state index contributed by atoms with van der Waals surface area (Å²) in [6.45, 7) is 5.64. The summed E-state index contributed by atoms with van der Waals surface area (Å²) in [7, 11) is -3.31. The molecule has 1 aromatic carbocycles. The van der Waals surface area contributed by atoms with Crippen molar-refractivity contribution in [3.05, 3.63) is 35.6 Å². The van der Waals surface area contributed by atoms with Crippen LogP contribution >= 0.6 is 0 Å². The molecule has 2 heterocycles. The first-order valence-corrected chi connectivity index (χ1v) is 10.9. The van der Waals surface area contributed by atoms with Gasteiger partial charge in [0.15, 0.2) is 0 Å². The van der Waals surface area contributed by atoms with E-state index in [0.29, 0.717) is 52.2 Å². The van der Waals surface area contributed by atoms with Gasteiger partial charge in [0, 0.05) is 39.4 Å². The van der Waals surface area contributed by atoms with Gasteiger partial charge in [-0.15, -0.1) is 0 Å². The van der Waals surface area contributed by atoms with Crippen molar-refractivity contribution in [3.63, 3.8) is 0 Å². The van der Waals surface area contributed by atoms with Gasteiger partial charge in [0.05, 0.1) is 10.7 Å². The van der Waals surface area contributed by atoms with E-state index in [1.54, 1.807) is 30.9 Å². The molecular formula is C19H27FN2O4S. The first kappa shape index (κ1) is 20.2. The van der Waals surface area contributed by atoms with Crippen molar-refractivity contribution in [2.45, 2.75) is 37.4 Å². The molecule has 0 saturated carbocycles. The highest BCUT2D eigenvalue weighted by Crippen LogP contribution is 2.37. The molecule has 0 radical (unpaired) electrons. The number of nitrogens with zero attached hydrogens (tertiary/aromatic N) is 2. The van der Waals surface area contributed by atoms with Crippen LogP contribution in [0.15, 0.2) is 24.3 Å². The molecule has 0 aromatic heterocycles. The van der Waals surface area contributed by atoms with Crippen molar-refractivity contribution in [3.8, 4) is 0 Å². The fourth-order valence-electron chi connectivity index (χ4n) is 3.86. The second-order valence-corrected chi connectivity index (χ2v) is 9.98. The third-order valence-corrected chi connectivity index (χ3v) is 7.91. The smallest absolute Gasteiger partial charge is 0.233 e. The van der Waals surface area contributed by atoms with Gasteiger partial charge in [0.1, 0.15) is 5.82 Å². The van der Waals surface area contributed by atoms with Gasteiger partial charge >= 0.3 is 0 Å². The standard InChI is InChI=1S/C19H27FN2O4S/c1-15(2)27(24,25)22-11-9-21(10-12-22)18(23)19(7-13-26-14-8-19)16-3-5-17(20)6-4-16/h3-6,15H,7-14H2,1-2H3. The van der Waals surface area contributed by atoms with Crippen LogP contribution in [0.5, 0.6) is 0 Å². The molecule has 2 fully saturated rings. The molecule has 0 N–H and O–H groups in total. The SMILES string of the molecule is CC(C)S(=O)(=O)N1CCN(C(=O)C2(c3ccc(F)cc3)CCOCC2)CC1. The van der Waals surface area contributed by atoms with Crippen LogP contribution in [0, 0.1) is 5.82 Å². The Bertz CT molecular complexity index is 765. The van der Waals surface area contributed by atoms with Crippen LogP contribution in [0.4, 0.5) is 4.39 Å². The second-order valence-electron chi connectivity index (χ2n) is 7.49. The molecule has 0 unspecified atom stereocenters. The van der Waals surface area contributed by atoms with Crippen LogP contribution in [0.3, 0.4) is 0 Å². The van der Waals surface area contributed by atoms with E-state index >= 15 is 0 Å². The topological polar surface area (TPSA) is 66.9 Å². The Labute approximate surface area is 160 Å². The van der Waals surface area contributed by atoms with Gasteiger partial charge in [0.25, 0.3) is 0 Å². The maximum Gasteiger partial charge on any atom is 0.233 e. The minimum atomic E-state index is -3.31. The van der Waals surface area contributed by atoms with Crippen molar-refractivity contribution in [1.82, 2.24) is 9.21 Å². The summed E-state index contributed by atoms with van der Waals surface area (Å²) in [5.74, 6) is -0.347. The molecule has 6 nitrogen and oxygen atoms in total. The van der Waals surface area contributed by atoms with E-state index in [-0.39, 0.29) is 11.7 Å². The summed E-state index contributed by atoms with van der Waals surface area (Å²) in [5, 5.41) is -0.471. The van der Waals surface area contributed by atoms with Crippen molar-refractivity contribution >= 4 is 15.9 Å². The number of halogens is 1. The number of benzene rings is 1. The molecular weight excluding hydrogens is 371 g/mol. The minimum absolute atomic E-state index is 0.0148. The summed E-state index contributed by atoms with van der Waals surface area (Å²) in [6, 6.07) is 6.12. The Morgan fingerprint density at radius 1 is 1.07 bits per heavy atom. The summed E-state index contributed by atoms with van der Waals surface area (Å²) in [5.41, 5.74) is 0.0693. The summed E-state index contributed by atoms with van der Waals surface area (Å²) >= 11 is 0. The van der Waals surface area contributed by atoms with Crippen molar-refractivity contribution in [2.75, 3.05) is 39.4 Å². The Kier molecular flexibility index (Phi) is 5.88. The molecule has 0 atom stereocenters. The average molecular weight is 399 g/mol. The van der Waals surface area contributed by atoms with Gasteiger partial charge in [-0.25, -0.2) is 12.8 Å². The number of hydrogen-bond acceptors (Lipinski definition) is 4. The highest BCUT2D eigenvalue weighted by Gasteiger charge is 2.45. The molecule has 2 aliphatic rings. The zero-order valence-corrected chi connectivity index (χ0v) is 16.7. The Balaban J connectivity index is 1.79. The Hall–Kier alpha value is -1.51. The highest BCUT2D eigenvalue weighted by atomic mass is 32.2. The molecule has 0 aliphatic carbocycles. The first-order chi connectivity index (χ1) is 12.8. The van der Waals surface area contributed by atoms with Gasteiger partial charge in [0.2, 0.25) is 15.9 Å². The zero-order valence-electron chi connectivity index (χ0n) is 15.9. The lowest BCUT2D eigenvalue weighted by Gasteiger charge is -2.43. The zero-order chi connectivity index (χ0) is 19.7. The number of carbonyl (C=O) groups is 1. The number of ether oxygens (including phenoxy) is 1. The highest BCUT2D eigenvalue weighted by molar-refractivity contribution is 7.89. The molecule has 3 rings (SSSR count). The van der Waals surface area contributed by atoms with E-state index in [9.17, 15) is 17.6 Å². The largest absolute Gasteiger partial charge is 0.381 e. The van der Waals surface area contributed by atoms with Gasteiger partial charge in [-0.3, -0.25) is 4.79 Å². The number of piperazine rings is 1. The summed E-state index contributed by atoms with van der Waals surface area (Å²) in [4.78, 5) is 15.2. The number of amides is 1. The minimum Gasteiger partial charge on any atom is -0.381 e. The van der Waals surface area contributed by atoms with Crippen molar-refractivity contribution in [2.24, 2.45) is 0 Å². The molecule has 0 bridgehead atoms. The number of rotatable bonds is 4. The fourth-order valence-corrected chi connectivity index (χ4v) is 5.13. The second kappa shape index (κ2) is 7.85. The van der Waals surface area contributed by atoms with Crippen LogP contribution in [0.1, 0.15) is 32.3 Å². The predicted octanol–water partition coefficient (Wildman–Crippen LogP) is 1.76. The van der Waals surface area contributed by atoms with Gasteiger partial charge in [-0.2, -0.15) is 4.31 Å². The van der Waals surface area contributed by atoms with Gasteiger partial charge in [-0.1, -0.05) is 12.1 Å². The van der Waals surface area contributed by atoms with Crippen molar-refractivity contribution < 1.29 is 22.3 Å². The van der Waals surface area contributed by atoms with Crippen LogP contribution in [-0.4, -0.2) is 68.2 Å². The molecule has 27 heavy (non-hydrogen) atoms. The number of sulfonamides is 1. The maximum absolute atomic E-state index is 13.5. The Morgan fingerprint density at radius 3 is 2.15 bits per heavy atom. The molecule has 2 aliphatic heterocycles. The van der Waals surface area contributed by atoms with Crippen LogP contribution in [0.25, 0.3) is 0 Å². The fraction of sp³-hybridized carbons (Fsp3) is 0.632. The van der Waals surface area contributed by atoms with E-state index in [0.717, 1.165) is 5.56 Å². The lowest BCUT2D eigenvalue weighted by Crippen LogP contribution is -2.57. The van der Waals surface area contributed by atoms with E-state index in [1.807, 2.05) is 0 Å². The molecule has 150 valence electrons. The molecule has 8 heteroatoms. The molecule has 2 saturated heterocycles. The average Bonchev–Trinajstić information content (AvgIpc) is 2.68. The number of carbonyl (C=O) groups excluding carboxylic acids is 1. The van der Waals surface area contributed by atoms with E-state index in [4.69, 9.17) is 4.74 Å². The first-order valence-electron chi connectivity index (χ1n) is 9.39. The van der Waals surface area contributed by atoms with E-state index in [2.05, 4.69) is 0 Å². The number of hydrogen-bond donors (Lipinski definition) is 0. The lowest BCUT2D eigenvalue weighted by atomic mass is 9.73. The van der Waals surface area contributed by atoms with Crippen LogP contribution in [-0.2, 0) is 25.0 Å². The van der Waals surface area contributed by atoms with Crippen molar-refractivity contribution in [1.29, 1.82) is 0 Å². The van der Waals surface area contributed by atoms with E-state index < -0.39 is 20.7 Å². The predicted molar refractivity (Wildman–Crippen MR) is 100 cm³/mol.